The number of unbranched alkanes of at least 4 members (excludes halogenated alkanes) is 1. The summed E-state index contributed by atoms with van der Waals surface area (Å²) in [4.78, 5) is 14.5. The third-order valence-electron chi connectivity index (χ3n) is 4.25. The van der Waals surface area contributed by atoms with Crippen molar-refractivity contribution in [1.29, 1.82) is 0 Å². The van der Waals surface area contributed by atoms with Gasteiger partial charge in [0, 0.05) is 26.1 Å². The van der Waals surface area contributed by atoms with Gasteiger partial charge in [0.25, 0.3) is 0 Å². The Morgan fingerprint density at radius 1 is 1.12 bits per heavy atom. The van der Waals surface area contributed by atoms with Gasteiger partial charge in [0.2, 0.25) is 0 Å². The van der Waals surface area contributed by atoms with Crippen LogP contribution in [0, 0.1) is 0 Å². The molecule has 8 heteroatoms. The van der Waals surface area contributed by atoms with Crippen LogP contribution in [0.25, 0.3) is 5.57 Å². The van der Waals surface area contributed by atoms with Gasteiger partial charge in [-0.25, -0.2) is 4.98 Å². The molecule has 1 aromatic rings. The summed E-state index contributed by atoms with van der Waals surface area (Å²) in [5.41, 5.74) is -0.140. The summed E-state index contributed by atoms with van der Waals surface area (Å²) < 4.78 is 45.6. The van der Waals surface area contributed by atoms with E-state index in [1.807, 2.05) is 13.8 Å². The van der Waals surface area contributed by atoms with E-state index in [0.29, 0.717) is 17.8 Å². The lowest BCUT2D eigenvalue weighted by Crippen LogP contribution is -2.16. The molecule has 2 rings (SSSR count). The van der Waals surface area contributed by atoms with Crippen LogP contribution in [0.4, 0.5) is 19.0 Å². The van der Waals surface area contributed by atoms with Crippen LogP contribution in [-0.2, 0) is 9.53 Å². The van der Waals surface area contributed by atoms with Gasteiger partial charge in [-0.05, 0) is 42.2 Å². The molecule has 2 N–H and O–H groups in total. The second-order valence-corrected chi connectivity index (χ2v) is 7.24. The summed E-state index contributed by atoms with van der Waals surface area (Å²) in [6.45, 7) is 12.7. The highest BCUT2D eigenvalue weighted by Crippen LogP contribution is 2.40. The van der Waals surface area contributed by atoms with Gasteiger partial charge in [-0.3, -0.25) is 4.79 Å². The van der Waals surface area contributed by atoms with Crippen molar-refractivity contribution >= 4 is 17.4 Å². The molecule has 0 spiro atoms. The Morgan fingerprint density at radius 2 is 1.71 bits per heavy atom. The van der Waals surface area contributed by atoms with Gasteiger partial charge in [0.1, 0.15) is 5.82 Å². The van der Waals surface area contributed by atoms with Crippen LogP contribution in [-0.4, -0.2) is 35.9 Å². The Balaban J connectivity index is 0. The maximum Gasteiger partial charge on any atom is 0.416 e. The van der Waals surface area contributed by atoms with Crippen molar-refractivity contribution in [3.8, 4) is 0 Å². The zero-order valence-electron chi connectivity index (χ0n) is 21.8. The topological polar surface area (TPSA) is 71.5 Å². The first kappa shape index (κ1) is 33.7. The highest BCUT2D eigenvalue weighted by molar-refractivity contribution is 5.73. The number of aromatic nitrogens is 1. The molecule has 196 valence electrons. The average molecular weight is 489 g/mol. The van der Waals surface area contributed by atoms with Gasteiger partial charge in [-0.15, -0.1) is 0 Å². The number of carboxylic acid groups (broad SMARTS) is 1. The average Bonchev–Trinajstić information content (AvgIpc) is 2.83. The van der Waals surface area contributed by atoms with Gasteiger partial charge in [-0.1, -0.05) is 60.8 Å². The molecule has 0 unspecified atom stereocenters. The number of halogens is 3. The van der Waals surface area contributed by atoms with Crippen molar-refractivity contribution in [2.45, 2.75) is 92.7 Å². The van der Waals surface area contributed by atoms with E-state index in [-0.39, 0.29) is 37.2 Å². The highest BCUT2D eigenvalue weighted by Gasteiger charge is 2.37. The molecule has 1 aliphatic carbocycles. The summed E-state index contributed by atoms with van der Waals surface area (Å²) in [5.74, 6) is -0.162. The van der Waals surface area contributed by atoms with E-state index in [1.165, 1.54) is 25.5 Å². The van der Waals surface area contributed by atoms with Crippen LogP contribution in [0.2, 0.25) is 0 Å². The fourth-order valence-electron chi connectivity index (χ4n) is 2.52. The number of nitrogens with zero attached hydrogens (tertiary/aromatic N) is 1. The second kappa shape index (κ2) is 19.9. The predicted molar refractivity (Wildman–Crippen MR) is 135 cm³/mol. The molecule has 0 fully saturated rings. The number of aliphatic carboxylic acids is 1. The summed E-state index contributed by atoms with van der Waals surface area (Å²) in [7, 11) is 1.68. The largest absolute Gasteiger partial charge is 0.498 e. The highest BCUT2D eigenvalue weighted by atomic mass is 19.4. The first-order chi connectivity index (χ1) is 16.1. The van der Waals surface area contributed by atoms with Crippen molar-refractivity contribution in [1.82, 2.24) is 4.98 Å². The molecule has 0 aliphatic heterocycles. The quantitative estimate of drug-likeness (QED) is 0.361. The molecule has 0 saturated heterocycles. The van der Waals surface area contributed by atoms with E-state index in [4.69, 9.17) is 9.84 Å². The third-order valence-corrected chi connectivity index (χ3v) is 4.25. The summed E-state index contributed by atoms with van der Waals surface area (Å²) >= 11 is 0. The summed E-state index contributed by atoms with van der Waals surface area (Å²) in [5, 5.41) is 11.4. The molecule has 1 aliphatic rings. The molecular formula is C26H43F3N2O3. The van der Waals surface area contributed by atoms with Crippen LogP contribution in [0.1, 0.15) is 92.1 Å². The monoisotopic (exact) mass is 488 g/mol. The fourth-order valence-corrected chi connectivity index (χ4v) is 2.52. The molecule has 0 aromatic carbocycles. The van der Waals surface area contributed by atoms with Crippen molar-refractivity contribution < 1.29 is 27.8 Å². The molecule has 0 amide bonds. The van der Waals surface area contributed by atoms with Crippen LogP contribution in [0.15, 0.2) is 35.7 Å². The van der Waals surface area contributed by atoms with E-state index in [1.54, 1.807) is 19.2 Å². The van der Waals surface area contributed by atoms with Gasteiger partial charge >= 0.3 is 12.1 Å². The maximum atomic E-state index is 13.4. The Bertz CT molecular complexity index is 726. The minimum Gasteiger partial charge on any atom is -0.498 e. The smallest absolute Gasteiger partial charge is 0.416 e. The SMILES string of the molecule is CC.CCC.CCCC.CNc1ccc(C2=C(C(F)(F)F)C=C(OCCCC(=O)O)CC2)cn1. The first-order valence-electron chi connectivity index (χ1n) is 12.1. The van der Waals surface area contributed by atoms with Crippen molar-refractivity contribution in [2.24, 2.45) is 0 Å². The molecule has 1 aromatic heterocycles. The number of hydrogen-bond donors (Lipinski definition) is 2. The van der Waals surface area contributed by atoms with E-state index in [0.717, 1.165) is 6.08 Å². The zero-order chi connectivity index (χ0) is 26.6. The molecular weight excluding hydrogens is 445 g/mol. The Labute approximate surface area is 203 Å². The normalized spacial score (nSPS) is 12.6. The third kappa shape index (κ3) is 14.6. The van der Waals surface area contributed by atoms with Crippen molar-refractivity contribution in [2.75, 3.05) is 19.0 Å². The lowest BCUT2D eigenvalue weighted by molar-refractivity contribution is -0.137. The lowest BCUT2D eigenvalue weighted by Gasteiger charge is -2.22. The number of pyridine rings is 1. The van der Waals surface area contributed by atoms with E-state index >= 15 is 0 Å². The van der Waals surface area contributed by atoms with Gasteiger partial charge in [-0.2, -0.15) is 13.2 Å². The van der Waals surface area contributed by atoms with Crippen molar-refractivity contribution in [3.05, 3.63) is 41.3 Å². The summed E-state index contributed by atoms with van der Waals surface area (Å²) in [6, 6.07) is 3.23. The number of carboxylic acids is 1. The predicted octanol–water partition coefficient (Wildman–Crippen LogP) is 8.25. The molecule has 0 bridgehead atoms. The van der Waals surface area contributed by atoms with E-state index < -0.39 is 17.7 Å². The Morgan fingerprint density at radius 3 is 2.12 bits per heavy atom. The zero-order valence-corrected chi connectivity index (χ0v) is 21.8. The van der Waals surface area contributed by atoms with Crippen LogP contribution in [0.3, 0.4) is 0 Å². The minimum atomic E-state index is -4.51. The number of nitrogens with one attached hydrogen (secondary N) is 1. The summed E-state index contributed by atoms with van der Waals surface area (Å²) in [6.07, 6.45) is 2.48. The Kier molecular flexibility index (Phi) is 19.7. The first-order valence-corrected chi connectivity index (χ1v) is 12.1. The minimum absolute atomic E-state index is 0.0794. The van der Waals surface area contributed by atoms with Crippen LogP contribution >= 0.6 is 0 Å². The number of hydrogen-bond acceptors (Lipinski definition) is 4. The van der Waals surface area contributed by atoms with Gasteiger partial charge in [0.05, 0.1) is 17.9 Å². The number of alkyl halides is 3. The maximum absolute atomic E-state index is 13.4. The standard InChI is InChI=1S/C17H19F3N2O3.C4H10.C3H8.C2H6/c1-21-15-7-4-11(10-22-15)13-6-5-12(9-14(13)17(18,19)20)25-8-2-3-16(23)24;1-3-4-2;1-3-2;1-2/h4,7,9-10H,2-3,5-6,8H2,1H3,(H,21,22)(H,23,24);3-4H2,1-2H3;3H2,1-2H3;1-2H3. The van der Waals surface area contributed by atoms with Gasteiger partial charge < -0.3 is 15.2 Å². The number of carbonyl (C=O) groups is 1. The van der Waals surface area contributed by atoms with Crippen LogP contribution in [0.5, 0.6) is 0 Å². The number of anilines is 1. The number of allylic oxidation sites excluding steroid dienone is 4. The lowest BCUT2D eigenvalue weighted by atomic mass is 9.91. The molecule has 34 heavy (non-hydrogen) atoms. The molecule has 0 radical (unpaired) electrons. The number of ether oxygens (including phenoxy) is 1. The fraction of sp³-hybridized carbons (Fsp3) is 0.615. The van der Waals surface area contributed by atoms with Crippen LogP contribution < -0.4 is 5.32 Å². The van der Waals surface area contributed by atoms with E-state index in [2.05, 4.69) is 38.0 Å². The Hall–Kier alpha value is -2.51. The molecule has 0 saturated carbocycles. The molecule has 0 atom stereocenters. The molecule has 5 nitrogen and oxygen atoms in total. The van der Waals surface area contributed by atoms with E-state index in [9.17, 15) is 18.0 Å². The second-order valence-electron chi connectivity index (χ2n) is 7.24. The van der Waals surface area contributed by atoms with Crippen molar-refractivity contribution in [3.63, 3.8) is 0 Å². The number of rotatable bonds is 8. The van der Waals surface area contributed by atoms with Gasteiger partial charge in [0.15, 0.2) is 0 Å². The molecule has 1 heterocycles.